The number of hydrogen-bond acceptors (Lipinski definition) is 6. The van der Waals surface area contributed by atoms with E-state index in [4.69, 9.17) is 9.47 Å². The molecule has 2 aliphatic rings. The number of methoxy groups -OCH3 is 1. The van der Waals surface area contributed by atoms with Crippen molar-refractivity contribution in [3.8, 4) is 11.5 Å². The highest BCUT2D eigenvalue weighted by atomic mass is 16.5. The largest absolute Gasteiger partial charge is 0.497 e. The van der Waals surface area contributed by atoms with Gasteiger partial charge in [0.2, 0.25) is 0 Å². The number of ether oxygens (including phenoxy) is 2. The number of piperidine rings is 1. The van der Waals surface area contributed by atoms with Crippen LogP contribution in [-0.4, -0.2) is 72.1 Å². The summed E-state index contributed by atoms with van der Waals surface area (Å²) in [5, 5.41) is 20.1. The van der Waals surface area contributed by atoms with Crippen LogP contribution < -0.4 is 9.47 Å². The SMILES string of the molecule is COc1ccc(OCC(O)CN2CCC(O)CC2)c(CN2CCc3ccccc3C2)c1. The van der Waals surface area contributed by atoms with Gasteiger partial charge in [-0.05, 0) is 48.6 Å². The molecule has 0 spiro atoms. The average Bonchev–Trinajstić information content (AvgIpc) is 2.79. The molecule has 1 fully saturated rings. The molecule has 1 saturated heterocycles. The Bertz CT molecular complexity index is 851. The smallest absolute Gasteiger partial charge is 0.124 e. The van der Waals surface area contributed by atoms with Gasteiger partial charge in [0.1, 0.15) is 24.2 Å². The Morgan fingerprint density at radius 2 is 1.81 bits per heavy atom. The lowest BCUT2D eigenvalue weighted by molar-refractivity contribution is 0.0334. The molecule has 0 radical (unpaired) electrons. The van der Waals surface area contributed by atoms with Crippen LogP contribution in [-0.2, 0) is 19.5 Å². The molecule has 2 aromatic rings. The molecule has 1 atom stereocenters. The summed E-state index contributed by atoms with van der Waals surface area (Å²) >= 11 is 0. The summed E-state index contributed by atoms with van der Waals surface area (Å²) in [6.45, 7) is 5.18. The van der Waals surface area contributed by atoms with E-state index in [-0.39, 0.29) is 12.7 Å². The van der Waals surface area contributed by atoms with E-state index in [1.54, 1.807) is 7.11 Å². The fourth-order valence-electron chi connectivity index (χ4n) is 4.52. The number of aliphatic hydroxyl groups excluding tert-OH is 2. The molecule has 0 bridgehead atoms. The van der Waals surface area contributed by atoms with Crippen LogP contribution in [0.4, 0.5) is 0 Å². The summed E-state index contributed by atoms with van der Waals surface area (Å²) in [6, 6.07) is 14.5. The van der Waals surface area contributed by atoms with Gasteiger partial charge < -0.3 is 24.6 Å². The van der Waals surface area contributed by atoms with Gasteiger partial charge in [-0.15, -0.1) is 0 Å². The van der Waals surface area contributed by atoms with Gasteiger partial charge in [-0.2, -0.15) is 0 Å². The van der Waals surface area contributed by atoms with Gasteiger partial charge in [0.05, 0.1) is 13.2 Å². The minimum Gasteiger partial charge on any atom is -0.497 e. The Balaban J connectivity index is 1.37. The van der Waals surface area contributed by atoms with Crippen LogP contribution in [0, 0.1) is 0 Å². The van der Waals surface area contributed by atoms with E-state index in [1.807, 2.05) is 18.2 Å². The Labute approximate surface area is 185 Å². The highest BCUT2D eigenvalue weighted by Crippen LogP contribution is 2.28. The first-order chi connectivity index (χ1) is 15.1. The zero-order valence-corrected chi connectivity index (χ0v) is 18.4. The van der Waals surface area contributed by atoms with Crippen molar-refractivity contribution in [3.05, 3.63) is 59.2 Å². The lowest BCUT2D eigenvalue weighted by Gasteiger charge is -2.31. The van der Waals surface area contributed by atoms with Crippen LogP contribution in [0.1, 0.15) is 29.5 Å². The summed E-state index contributed by atoms with van der Waals surface area (Å²) in [5.74, 6) is 1.61. The second-order valence-electron chi connectivity index (χ2n) is 8.70. The van der Waals surface area contributed by atoms with Gasteiger partial charge in [-0.25, -0.2) is 0 Å². The van der Waals surface area contributed by atoms with Gasteiger partial charge in [0, 0.05) is 44.8 Å². The number of aliphatic hydroxyl groups is 2. The molecule has 4 rings (SSSR count). The number of hydrogen-bond donors (Lipinski definition) is 2. The predicted octanol–water partition coefficient (Wildman–Crippen LogP) is 2.45. The van der Waals surface area contributed by atoms with E-state index < -0.39 is 6.10 Å². The van der Waals surface area contributed by atoms with E-state index >= 15 is 0 Å². The maximum Gasteiger partial charge on any atom is 0.124 e. The molecule has 2 heterocycles. The first-order valence-electron chi connectivity index (χ1n) is 11.3. The third-order valence-corrected chi connectivity index (χ3v) is 6.33. The van der Waals surface area contributed by atoms with Crippen LogP contribution >= 0.6 is 0 Å². The third-order valence-electron chi connectivity index (χ3n) is 6.33. The number of fused-ring (bicyclic) bond motifs is 1. The van der Waals surface area contributed by atoms with Crippen LogP contribution in [0.5, 0.6) is 11.5 Å². The highest BCUT2D eigenvalue weighted by molar-refractivity contribution is 5.40. The normalized spacial score (nSPS) is 19.1. The Hall–Kier alpha value is -2.12. The first-order valence-corrected chi connectivity index (χ1v) is 11.3. The maximum absolute atomic E-state index is 10.5. The summed E-state index contributed by atoms with van der Waals surface area (Å²) in [5.41, 5.74) is 3.91. The minimum absolute atomic E-state index is 0.201. The molecule has 2 aliphatic heterocycles. The molecule has 0 saturated carbocycles. The summed E-state index contributed by atoms with van der Waals surface area (Å²) in [6.07, 6.45) is 1.84. The quantitative estimate of drug-likeness (QED) is 0.676. The fraction of sp³-hybridized carbons (Fsp3) is 0.520. The molecule has 0 aliphatic carbocycles. The van der Waals surface area contributed by atoms with Crippen molar-refractivity contribution in [1.82, 2.24) is 9.80 Å². The predicted molar refractivity (Wildman–Crippen MR) is 120 cm³/mol. The number of β-amino-alcohol motifs (C(OH)–C–C–N with tert-alkyl or cyclic N) is 1. The van der Waals surface area contributed by atoms with Gasteiger partial charge in [0.25, 0.3) is 0 Å². The van der Waals surface area contributed by atoms with E-state index in [2.05, 4.69) is 34.1 Å². The molecule has 2 N–H and O–H groups in total. The molecular weight excluding hydrogens is 392 g/mol. The van der Waals surface area contributed by atoms with Crippen molar-refractivity contribution in [3.63, 3.8) is 0 Å². The van der Waals surface area contributed by atoms with Crippen molar-refractivity contribution >= 4 is 0 Å². The molecule has 168 valence electrons. The molecule has 0 amide bonds. The van der Waals surface area contributed by atoms with Crippen LogP contribution in [0.2, 0.25) is 0 Å². The highest BCUT2D eigenvalue weighted by Gasteiger charge is 2.21. The topological polar surface area (TPSA) is 65.4 Å². The molecule has 0 aromatic heterocycles. The molecule has 31 heavy (non-hydrogen) atoms. The molecule has 1 unspecified atom stereocenters. The second kappa shape index (κ2) is 10.5. The van der Waals surface area contributed by atoms with Crippen LogP contribution in [0.15, 0.2) is 42.5 Å². The lowest BCUT2D eigenvalue weighted by atomic mass is 9.99. The van der Waals surface area contributed by atoms with E-state index in [9.17, 15) is 10.2 Å². The maximum atomic E-state index is 10.5. The van der Waals surface area contributed by atoms with Crippen molar-refractivity contribution in [1.29, 1.82) is 0 Å². The second-order valence-corrected chi connectivity index (χ2v) is 8.70. The number of benzene rings is 2. The van der Waals surface area contributed by atoms with Crippen LogP contribution in [0.3, 0.4) is 0 Å². The summed E-state index contributed by atoms with van der Waals surface area (Å²) < 4.78 is 11.5. The number of rotatable bonds is 8. The Morgan fingerprint density at radius 3 is 2.58 bits per heavy atom. The Morgan fingerprint density at radius 1 is 1.03 bits per heavy atom. The molecule has 2 aromatic carbocycles. The zero-order valence-electron chi connectivity index (χ0n) is 18.4. The summed E-state index contributed by atoms with van der Waals surface area (Å²) in [4.78, 5) is 4.63. The third kappa shape index (κ3) is 5.98. The molecule has 6 heteroatoms. The van der Waals surface area contributed by atoms with E-state index in [0.717, 1.165) is 69.0 Å². The van der Waals surface area contributed by atoms with Gasteiger partial charge in [-0.3, -0.25) is 4.90 Å². The number of likely N-dealkylation sites (tertiary alicyclic amines) is 1. The monoisotopic (exact) mass is 426 g/mol. The van der Waals surface area contributed by atoms with E-state index in [1.165, 1.54) is 11.1 Å². The fourth-order valence-corrected chi connectivity index (χ4v) is 4.52. The van der Waals surface area contributed by atoms with Crippen molar-refractivity contribution < 1.29 is 19.7 Å². The lowest BCUT2D eigenvalue weighted by Crippen LogP contribution is -2.41. The van der Waals surface area contributed by atoms with Gasteiger partial charge >= 0.3 is 0 Å². The zero-order chi connectivity index (χ0) is 21.6. The standard InChI is InChI=1S/C25H34N2O4/c1-30-24-6-7-25(31-18-23(29)17-26-12-9-22(28)10-13-26)21(14-24)16-27-11-8-19-4-2-3-5-20(19)15-27/h2-7,14,22-23,28-29H,8-13,15-18H2,1H3. The minimum atomic E-state index is -0.563. The van der Waals surface area contributed by atoms with E-state index in [0.29, 0.717) is 6.54 Å². The molecular formula is C25H34N2O4. The van der Waals surface area contributed by atoms with Crippen molar-refractivity contribution in [2.45, 2.75) is 44.6 Å². The van der Waals surface area contributed by atoms with Gasteiger partial charge in [0.15, 0.2) is 0 Å². The number of nitrogens with zero attached hydrogens (tertiary/aromatic N) is 2. The molecule has 6 nitrogen and oxygen atoms in total. The summed E-state index contributed by atoms with van der Waals surface area (Å²) in [7, 11) is 1.68. The van der Waals surface area contributed by atoms with Gasteiger partial charge in [-0.1, -0.05) is 24.3 Å². The first kappa shape index (κ1) is 22.1. The van der Waals surface area contributed by atoms with Crippen molar-refractivity contribution in [2.75, 3.05) is 39.9 Å². The van der Waals surface area contributed by atoms with Crippen LogP contribution in [0.25, 0.3) is 0 Å². The van der Waals surface area contributed by atoms with Crippen molar-refractivity contribution in [2.24, 2.45) is 0 Å². The Kier molecular flexibility index (Phi) is 7.45. The average molecular weight is 427 g/mol.